The molecular formula is C9H11N3O2S. The molecule has 15 heavy (non-hydrogen) atoms. The summed E-state index contributed by atoms with van der Waals surface area (Å²) in [5.74, 6) is 1.99. The van der Waals surface area contributed by atoms with E-state index in [1.807, 2.05) is 0 Å². The van der Waals surface area contributed by atoms with Gasteiger partial charge in [-0.1, -0.05) is 11.3 Å². The number of aromatic amines is 1. The lowest BCUT2D eigenvalue weighted by molar-refractivity contribution is -0.122. The van der Waals surface area contributed by atoms with Gasteiger partial charge in [-0.15, -0.1) is 12.3 Å². The number of aromatic nitrogens is 1. The van der Waals surface area contributed by atoms with Gasteiger partial charge in [-0.3, -0.25) is 9.59 Å². The Morgan fingerprint density at radius 3 is 3.07 bits per heavy atom. The number of amides is 1. The summed E-state index contributed by atoms with van der Waals surface area (Å²) in [7, 11) is 0. The van der Waals surface area contributed by atoms with Crippen LogP contribution in [0.15, 0.2) is 10.2 Å². The molecule has 1 atom stereocenters. The Morgan fingerprint density at radius 1 is 1.80 bits per heavy atom. The number of hydrogen-bond donors (Lipinski definition) is 3. The SMILES string of the molecule is C#CCC(N)C(=O)NCc1csc(=O)[nH]1. The Hall–Kier alpha value is -1.58. The van der Waals surface area contributed by atoms with Crippen molar-refractivity contribution in [2.75, 3.05) is 0 Å². The summed E-state index contributed by atoms with van der Waals surface area (Å²) in [6.07, 6.45) is 5.22. The highest BCUT2D eigenvalue weighted by molar-refractivity contribution is 7.07. The number of nitrogens with two attached hydrogens (primary N) is 1. The smallest absolute Gasteiger partial charge is 0.304 e. The molecule has 6 heteroatoms. The monoisotopic (exact) mass is 225 g/mol. The van der Waals surface area contributed by atoms with Gasteiger partial charge in [0.25, 0.3) is 0 Å². The minimum atomic E-state index is -0.694. The number of nitrogens with one attached hydrogen (secondary N) is 2. The molecule has 1 unspecified atom stereocenters. The van der Waals surface area contributed by atoms with Crippen LogP contribution < -0.4 is 15.9 Å². The second-order valence-corrected chi connectivity index (χ2v) is 3.75. The average Bonchev–Trinajstić information content (AvgIpc) is 2.61. The van der Waals surface area contributed by atoms with Gasteiger partial charge in [-0.25, -0.2) is 0 Å². The highest BCUT2D eigenvalue weighted by Crippen LogP contribution is 1.95. The Balaban J connectivity index is 2.41. The maximum absolute atomic E-state index is 11.3. The summed E-state index contributed by atoms with van der Waals surface area (Å²) >= 11 is 1.05. The summed E-state index contributed by atoms with van der Waals surface area (Å²) in [5, 5.41) is 4.22. The minimum Gasteiger partial charge on any atom is -0.349 e. The Kier molecular flexibility index (Phi) is 4.09. The van der Waals surface area contributed by atoms with Crippen molar-refractivity contribution in [3.05, 3.63) is 20.7 Å². The van der Waals surface area contributed by atoms with Gasteiger partial charge in [0.15, 0.2) is 0 Å². The van der Waals surface area contributed by atoms with Crippen molar-refractivity contribution in [3.63, 3.8) is 0 Å². The normalized spacial score (nSPS) is 11.7. The summed E-state index contributed by atoms with van der Waals surface area (Å²) < 4.78 is 0. The van der Waals surface area contributed by atoms with Crippen LogP contribution in [0.5, 0.6) is 0 Å². The van der Waals surface area contributed by atoms with Gasteiger partial charge in [-0.2, -0.15) is 0 Å². The maximum Gasteiger partial charge on any atom is 0.304 e. The van der Waals surface area contributed by atoms with Crippen LogP contribution in [0.25, 0.3) is 0 Å². The van der Waals surface area contributed by atoms with E-state index in [2.05, 4.69) is 16.2 Å². The molecule has 0 fully saturated rings. The third kappa shape index (κ3) is 3.58. The molecule has 0 aliphatic heterocycles. The van der Waals surface area contributed by atoms with Gasteiger partial charge in [-0.05, 0) is 0 Å². The van der Waals surface area contributed by atoms with Crippen LogP contribution in [0.4, 0.5) is 0 Å². The maximum atomic E-state index is 11.3. The minimum absolute atomic E-state index is 0.146. The van der Waals surface area contributed by atoms with Gasteiger partial charge >= 0.3 is 4.87 Å². The fraction of sp³-hybridized carbons (Fsp3) is 0.333. The molecule has 0 bridgehead atoms. The molecule has 1 amide bonds. The molecule has 0 aliphatic rings. The quantitative estimate of drug-likeness (QED) is 0.598. The molecule has 0 aliphatic carbocycles. The first-order valence-electron chi connectivity index (χ1n) is 4.27. The molecule has 0 aromatic carbocycles. The number of carbonyl (C=O) groups is 1. The lowest BCUT2D eigenvalue weighted by Crippen LogP contribution is -2.40. The number of carbonyl (C=O) groups excluding carboxylic acids is 1. The van der Waals surface area contributed by atoms with Gasteiger partial charge in [0.2, 0.25) is 5.91 Å². The first-order valence-corrected chi connectivity index (χ1v) is 5.15. The zero-order valence-corrected chi connectivity index (χ0v) is 8.76. The zero-order valence-electron chi connectivity index (χ0n) is 7.95. The van der Waals surface area contributed by atoms with Crippen molar-refractivity contribution in [1.82, 2.24) is 10.3 Å². The van der Waals surface area contributed by atoms with Crippen molar-refractivity contribution in [1.29, 1.82) is 0 Å². The first-order chi connectivity index (χ1) is 7.13. The van der Waals surface area contributed by atoms with E-state index in [9.17, 15) is 9.59 Å². The predicted octanol–water partition coefficient (Wildman–Crippen LogP) is -0.597. The van der Waals surface area contributed by atoms with E-state index < -0.39 is 6.04 Å². The second kappa shape index (κ2) is 5.34. The van der Waals surface area contributed by atoms with E-state index in [-0.39, 0.29) is 23.7 Å². The lowest BCUT2D eigenvalue weighted by atomic mass is 10.2. The van der Waals surface area contributed by atoms with Crippen molar-refractivity contribution >= 4 is 17.2 Å². The van der Waals surface area contributed by atoms with Crippen LogP contribution in [0.1, 0.15) is 12.1 Å². The van der Waals surface area contributed by atoms with Crippen LogP contribution in [-0.4, -0.2) is 16.9 Å². The molecule has 0 saturated heterocycles. The average molecular weight is 225 g/mol. The van der Waals surface area contributed by atoms with E-state index in [0.717, 1.165) is 11.3 Å². The molecule has 1 rings (SSSR count). The highest BCUT2D eigenvalue weighted by Gasteiger charge is 2.11. The topological polar surface area (TPSA) is 88.0 Å². The molecule has 4 N–H and O–H groups in total. The van der Waals surface area contributed by atoms with Gasteiger partial charge in [0.1, 0.15) is 0 Å². The van der Waals surface area contributed by atoms with Gasteiger partial charge < -0.3 is 16.0 Å². The highest BCUT2D eigenvalue weighted by atomic mass is 32.1. The molecule has 0 spiro atoms. The Labute approximate surface area is 90.7 Å². The van der Waals surface area contributed by atoms with Crippen molar-refractivity contribution in [2.24, 2.45) is 5.73 Å². The van der Waals surface area contributed by atoms with Crippen LogP contribution in [0.2, 0.25) is 0 Å². The summed E-state index contributed by atoms with van der Waals surface area (Å²) in [5.41, 5.74) is 6.13. The molecule has 5 nitrogen and oxygen atoms in total. The van der Waals surface area contributed by atoms with Crippen LogP contribution in [-0.2, 0) is 11.3 Å². The molecule has 1 aromatic heterocycles. The standard InChI is InChI=1S/C9H11N3O2S/c1-2-3-7(10)8(13)11-4-6-5-15-9(14)12-6/h1,5,7H,3-4,10H2,(H,11,13)(H,12,14). The molecular weight excluding hydrogens is 214 g/mol. The van der Waals surface area contributed by atoms with Crippen LogP contribution >= 0.6 is 11.3 Å². The number of rotatable bonds is 4. The molecule has 80 valence electrons. The Bertz CT molecular complexity index is 429. The van der Waals surface area contributed by atoms with E-state index in [0.29, 0.717) is 5.69 Å². The van der Waals surface area contributed by atoms with E-state index in [1.54, 1.807) is 5.38 Å². The fourth-order valence-electron chi connectivity index (χ4n) is 0.934. The third-order valence-corrected chi connectivity index (χ3v) is 2.42. The molecule has 0 radical (unpaired) electrons. The van der Waals surface area contributed by atoms with Crippen molar-refractivity contribution in [3.8, 4) is 12.3 Å². The molecule has 0 saturated carbocycles. The third-order valence-electron chi connectivity index (χ3n) is 1.70. The van der Waals surface area contributed by atoms with E-state index >= 15 is 0 Å². The number of thiazole rings is 1. The second-order valence-electron chi connectivity index (χ2n) is 2.91. The van der Waals surface area contributed by atoms with Crippen LogP contribution in [0, 0.1) is 12.3 Å². The number of hydrogen-bond acceptors (Lipinski definition) is 4. The number of H-pyrrole nitrogens is 1. The Morgan fingerprint density at radius 2 is 2.53 bits per heavy atom. The largest absolute Gasteiger partial charge is 0.349 e. The van der Waals surface area contributed by atoms with Crippen molar-refractivity contribution < 1.29 is 4.79 Å². The van der Waals surface area contributed by atoms with Gasteiger partial charge in [0.05, 0.1) is 12.6 Å². The van der Waals surface area contributed by atoms with E-state index in [1.165, 1.54) is 0 Å². The fourth-order valence-corrected chi connectivity index (χ4v) is 1.52. The predicted molar refractivity (Wildman–Crippen MR) is 58.2 cm³/mol. The number of terminal acetylenes is 1. The van der Waals surface area contributed by atoms with Crippen molar-refractivity contribution in [2.45, 2.75) is 19.0 Å². The van der Waals surface area contributed by atoms with Gasteiger partial charge in [0, 0.05) is 17.5 Å². The summed E-state index contributed by atoms with van der Waals surface area (Å²) in [4.78, 5) is 24.5. The summed E-state index contributed by atoms with van der Waals surface area (Å²) in [6.45, 7) is 0.260. The first kappa shape index (κ1) is 11.5. The molecule has 1 heterocycles. The molecule has 1 aromatic rings. The van der Waals surface area contributed by atoms with Crippen LogP contribution in [0.3, 0.4) is 0 Å². The summed E-state index contributed by atoms with van der Waals surface area (Å²) in [6, 6.07) is -0.694. The lowest BCUT2D eigenvalue weighted by Gasteiger charge is -2.08. The van der Waals surface area contributed by atoms with E-state index in [4.69, 9.17) is 12.2 Å². The zero-order chi connectivity index (χ0) is 11.3.